The summed E-state index contributed by atoms with van der Waals surface area (Å²) in [5.41, 5.74) is 3.63. The average molecular weight is 478 g/mol. The standard InChI is InChI=1S/C22H15N5O4S2/c28-18(24-22-27-26-20(33-22)15-5-2-1-3-6-15)19(29)25-23-13-14-8-10-16(11-9-14)31-21(30)17-7-4-12-32-17/h1-13H,(H,25,29)(H,24,27,28)/b23-13-. The Morgan fingerprint density at radius 2 is 1.70 bits per heavy atom. The average Bonchev–Trinajstić information content (AvgIpc) is 3.53. The molecule has 0 radical (unpaired) electrons. The molecular weight excluding hydrogens is 462 g/mol. The summed E-state index contributed by atoms with van der Waals surface area (Å²) in [4.78, 5) is 36.5. The number of anilines is 1. The molecule has 0 saturated carbocycles. The van der Waals surface area contributed by atoms with Gasteiger partial charge in [-0.25, -0.2) is 10.2 Å². The maximum atomic E-state index is 12.0. The van der Waals surface area contributed by atoms with Crippen molar-refractivity contribution in [3.63, 3.8) is 0 Å². The molecule has 4 rings (SSSR count). The van der Waals surface area contributed by atoms with E-state index in [0.29, 0.717) is 21.2 Å². The van der Waals surface area contributed by atoms with E-state index in [9.17, 15) is 14.4 Å². The number of carbonyl (C=O) groups excluding carboxylic acids is 3. The molecule has 9 nitrogen and oxygen atoms in total. The van der Waals surface area contributed by atoms with Crippen molar-refractivity contribution < 1.29 is 19.1 Å². The van der Waals surface area contributed by atoms with Crippen molar-refractivity contribution in [2.24, 2.45) is 5.10 Å². The molecule has 2 aromatic heterocycles. The molecule has 0 spiro atoms. The zero-order valence-corrected chi connectivity index (χ0v) is 18.4. The van der Waals surface area contributed by atoms with Gasteiger partial charge in [-0.1, -0.05) is 47.7 Å². The van der Waals surface area contributed by atoms with Crippen LogP contribution in [0.3, 0.4) is 0 Å². The fourth-order valence-corrected chi connectivity index (χ4v) is 3.86. The van der Waals surface area contributed by atoms with E-state index in [1.165, 1.54) is 17.6 Å². The van der Waals surface area contributed by atoms with Crippen molar-refractivity contribution in [2.45, 2.75) is 0 Å². The normalized spacial score (nSPS) is 10.7. The van der Waals surface area contributed by atoms with Gasteiger partial charge in [0.25, 0.3) is 0 Å². The highest BCUT2D eigenvalue weighted by Gasteiger charge is 2.16. The van der Waals surface area contributed by atoms with Crippen molar-refractivity contribution in [2.75, 3.05) is 5.32 Å². The maximum absolute atomic E-state index is 12.0. The predicted octanol–water partition coefficient (Wildman–Crippen LogP) is 3.57. The van der Waals surface area contributed by atoms with Gasteiger partial charge in [0, 0.05) is 5.56 Å². The first-order valence-electron chi connectivity index (χ1n) is 9.47. The number of hydrogen-bond acceptors (Lipinski definition) is 9. The molecule has 4 aromatic rings. The Balaban J connectivity index is 1.26. The third-order valence-corrected chi connectivity index (χ3v) is 5.80. The highest BCUT2D eigenvalue weighted by molar-refractivity contribution is 7.18. The Kier molecular flexibility index (Phi) is 6.93. The first-order chi connectivity index (χ1) is 16.1. The molecule has 0 aliphatic heterocycles. The lowest BCUT2D eigenvalue weighted by Crippen LogP contribution is -2.32. The number of ether oxygens (including phenoxy) is 1. The summed E-state index contributed by atoms with van der Waals surface area (Å²) in [6.45, 7) is 0. The van der Waals surface area contributed by atoms with Gasteiger partial charge in [-0.2, -0.15) is 5.10 Å². The second-order valence-corrected chi connectivity index (χ2v) is 8.29. The first kappa shape index (κ1) is 22.0. The molecule has 0 saturated heterocycles. The zero-order chi connectivity index (χ0) is 23.0. The molecule has 2 heterocycles. The van der Waals surface area contributed by atoms with Gasteiger partial charge in [-0.3, -0.25) is 14.9 Å². The van der Waals surface area contributed by atoms with Gasteiger partial charge in [-0.15, -0.1) is 21.5 Å². The summed E-state index contributed by atoms with van der Waals surface area (Å²) >= 11 is 2.44. The van der Waals surface area contributed by atoms with Crippen molar-refractivity contribution in [1.29, 1.82) is 0 Å². The van der Waals surface area contributed by atoms with Gasteiger partial charge in [-0.05, 0) is 41.3 Å². The number of hydrazone groups is 1. The van der Waals surface area contributed by atoms with E-state index in [4.69, 9.17) is 4.74 Å². The smallest absolute Gasteiger partial charge is 0.353 e. The van der Waals surface area contributed by atoms with Crippen LogP contribution < -0.4 is 15.5 Å². The number of nitrogens with one attached hydrogen (secondary N) is 2. The van der Waals surface area contributed by atoms with Gasteiger partial charge < -0.3 is 4.74 Å². The van der Waals surface area contributed by atoms with Crippen LogP contribution in [0.15, 0.2) is 77.2 Å². The SMILES string of the molecule is O=C(N/N=C\c1ccc(OC(=O)c2cccs2)cc1)C(=O)Nc1nnc(-c2ccccc2)s1. The summed E-state index contributed by atoms with van der Waals surface area (Å²) in [5, 5.41) is 16.6. The number of thiophene rings is 1. The van der Waals surface area contributed by atoms with Crippen LogP contribution in [-0.4, -0.2) is 34.2 Å². The second-order valence-electron chi connectivity index (χ2n) is 6.37. The summed E-state index contributed by atoms with van der Waals surface area (Å²) in [6.07, 6.45) is 1.36. The number of amides is 2. The summed E-state index contributed by atoms with van der Waals surface area (Å²) < 4.78 is 5.27. The van der Waals surface area contributed by atoms with Crippen LogP contribution in [-0.2, 0) is 9.59 Å². The molecule has 2 amide bonds. The minimum absolute atomic E-state index is 0.200. The number of rotatable bonds is 6. The summed E-state index contributed by atoms with van der Waals surface area (Å²) in [5.74, 6) is -1.93. The van der Waals surface area contributed by atoms with Crippen molar-refractivity contribution in [3.05, 3.63) is 82.6 Å². The van der Waals surface area contributed by atoms with Crippen LogP contribution in [0.5, 0.6) is 5.75 Å². The molecule has 0 aliphatic carbocycles. The van der Waals surface area contributed by atoms with Crippen molar-refractivity contribution >= 4 is 51.8 Å². The molecule has 2 aromatic carbocycles. The largest absolute Gasteiger partial charge is 0.422 e. The number of hydrogen-bond donors (Lipinski definition) is 2. The Bertz CT molecular complexity index is 1290. The molecule has 0 atom stereocenters. The Morgan fingerprint density at radius 1 is 0.909 bits per heavy atom. The van der Waals surface area contributed by atoms with Crippen LogP contribution in [0.4, 0.5) is 5.13 Å². The van der Waals surface area contributed by atoms with Gasteiger partial charge in [0.1, 0.15) is 15.6 Å². The Hall–Kier alpha value is -4.22. The van der Waals surface area contributed by atoms with E-state index in [1.54, 1.807) is 41.8 Å². The number of nitrogens with zero attached hydrogens (tertiary/aromatic N) is 3. The lowest BCUT2D eigenvalue weighted by molar-refractivity contribution is -0.136. The molecule has 33 heavy (non-hydrogen) atoms. The Labute approximate surface area is 195 Å². The van der Waals surface area contributed by atoms with Crippen molar-refractivity contribution in [3.8, 4) is 16.3 Å². The zero-order valence-electron chi connectivity index (χ0n) is 16.8. The lowest BCUT2D eigenvalue weighted by Gasteiger charge is -2.03. The van der Waals surface area contributed by atoms with Gasteiger partial charge in [0.15, 0.2) is 0 Å². The van der Waals surface area contributed by atoms with Gasteiger partial charge in [0.2, 0.25) is 5.13 Å². The lowest BCUT2D eigenvalue weighted by atomic mass is 10.2. The van der Waals surface area contributed by atoms with E-state index < -0.39 is 17.8 Å². The molecule has 2 N–H and O–H groups in total. The molecule has 0 aliphatic rings. The number of carbonyl (C=O) groups is 3. The van der Waals surface area contributed by atoms with Crippen LogP contribution in [0.1, 0.15) is 15.2 Å². The third-order valence-electron chi connectivity index (χ3n) is 4.07. The van der Waals surface area contributed by atoms with Crippen LogP contribution in [0.2, 0.25) is 0 Å². The molecule has 0 unspecified atom stereocenters. The molecule has 0 bridgehead atoms. The van der Waals surface area contributed by atoms with Gasteiger partial charge in [0.05, 0.1) is 6.21 Å². The van der Waals surface area contributed by atoms with Crippen LogP contribution in [0, 0.1) is 0 Å². The third kappa shape index (κ3) is 5.93. The molecular formula is C22H15N5O4S2. The number of aromatic nitrogens is 2. The number of esters is 1. The van der Waals surface area contributed by atoms with E-state index in [-0.39, 0.29) is 5.13 Å². The fraction of sp³-hybridized carbons (Fsp3) is 0. The second kappa shape index (κ2) is 10.4. The molecule has 0 fully saturated rings. The highest BCUT2D eigenvalue weighted by atomic mass is 32.1. The van der Waals surface area contributed by atoms with Gasteiger partial charge >= 0.3 is 17.8 Å². The monoisotopic (exact) mass is 477 g/mol. The van der Waals surface area contributed by atoms with E-state index in [0.717, 1.165) is 16.9 Å². The topological polar surface area (TPSA) is 123 Å². The van der Waals surface area contributed by atoms with Crippen LogP contribution in [0.25, 0.3) is 10.6 Å². The van der Waals surface area contributed by atoms with Crippen molar-refractivity contribution in [1.82, 2.24) is 15.6 Å². The van der Waals surface area contributed by atoms with Crippen LogP contribution >= 0.6 is 22.7 Å². The molecule has 164 valence electrons. The van der Waals surface area contributed by atoms with E-state index in [2.05, 4.69) is 26.0 Å². The fourth-order valence-electron chi connectivity index (χ4n) is 2.52. The first-order valence-corrected chi connectivity index (χ1v) is 11.2. The minimum atomic E-state index is -0.954. The predicted molar refractivity (Wildman–Crippen MR) is 125 cm³/mol. The highest BCUT2D eigenvalue weighted by Crippen LogP contribution is 2.25. The number of benzene rings is 2. The van der Waals surface area contributed by atoms with E-state index >= 15 is 0 Å². The summed E-state index contributed by atoms with van der Waals surface area (Å²) in [6, 6.07) is 19.3. The minimum Gasteiger partial charge on any atom is -0.422 e. The maximum Gasteiger partial charge on any atom is 0.353 e. The summed E-state index contributed by atoms with van der Waals surface area (Å²) in [7, 11) is 0. The molecule has 11 heteroatoms. The Morgan fingerprint density at radius 3 is 2.42 bits per heavy atom. The van der Waals surface area contributed by atoms with E-state index in [1.807, 2.05) is 30.3 Å². The quantitative estimate of drug-likeness (QED) is 0.144.